The van der Waals surface area contributed by atoms with E-state index in [9.17, 15) is 18.0 Å². The molecule has 1 atom stereocenters. The first-order valence-corrected chi connectivity index (χ1v) is 12.9. The number of thioether (sulfide) groups is 1. The molecule has 33 heavy (non-hydrogen) atoms. The number of anilines is 1. The molecule has 7 nitrogen and oxygen atoms in total. The molecule has 9 heteroatoms. The number of rotatable bonds is 7. The normalized spacial score (nSPS) is 12.4. The summed E-state index contributed by atoms with van der Waals surface area (Å²) < 4.78 is 26.0. The van der Waals surface area contributed by atoms with Gasteiger partial charge in [0.25, 0.3) is 5.56 Å². The largest absolute Gasteiger partial charge is 0.325 e. The number of amides is 1. The third-order valence-corrected chi connectivity index (χ3v) is 8.51. The predicted molar refractivity (Wildman–Crippen MR) is 131 cm³/mol. The van der Waals surface area contributed by atoms with Crippen LogP contribution in [0.25, 0.3) is 0 Å². The first-order valence-electron chi connectivity index (χ1n) is 10.5. The van der Waals surface area contributed by atoms with Gasteiger partial charge in [-0.05, 0) is 69.0 Å². The van der Waals surface area contributed by atoms with Crippen LogP contribution in [0.15, 0.2) is 62.3 Å². The first kappa shape index (κ1) is 24.7. The van der Waals surface area contributed by atoms with Gasteiger partial charge in [-0.2, -0.15) is 0 Å². The number of carbonyl (C=O) groups is 1. The Kier molecular flexibility index (Phi) is 7.44. The number of aromatic nitrogens is 2. The SMILES string of the molecule is CC[C@H](Sc1ncc(S(=O)(=O)c2ccc(C)cc2C)c(=O)[nH]1)C(=O)Nc1ccc(C)c(C)c1. The topological polar surface area (TPSA) is 109 Å². The van der Waals surface area contributed by atoms with Gasteiger partial charge in [0.15, 0.2) is 10.1 Å². The van der Waals surface area contributed by atoms with Gasteiger partial charge in [0, 0.05) is 5.69 Å². The summed E-state index contributed by atoms with van der Waals surface area (Å²) >= 11 is 1.08. The summed E-state index contributed by atoms with van der Waals surface area (Å²) in [6, 6.07) is 10.6. The Labute approximate surface area is 198 Å². The van der Waals surface area contributed by atoms with Crippen molar-refractivity contribution in [1.82, 2.24) is 9.97 Å². The molecule has 0 radical (unpaired) electrons. The van der Waals surface area contributed by atoms with Crippen LogP contribution in [-0.2, 0) is 14.6 Å². The molecule has 0 saturated heterocycles. The third-order valence-electron chi connectivity index (χ3n) is 5.34. The lowest BCUT2D eigenvalue weighted by atomic mass is 10.1. The van der Waals surface area contributed by atoms with Crippen LogP contribution in [0.2, 0.25) is 0 Å². The monoisotopic (exact) mass is 485 g/mol. The molecule has 0 unspecified atom stereocenters. The standard InChI is InChI=1S/C24H27N3O4S2/c1-6-19(22(28)26-18-9-8-15(3)16(4)12-18)32-24-25-13-21(23(29)27-24)33(30,31)20-10-7-14(2)11-17(20)5/h7-13,19H,6H2,1-5H3,(H,26,28)(H,25,27,29)/t19-/m0/s1. The van der Waals surface area contributed by atoms with E-state index < -0.39 is 25.5 Å². The van der Waals surface area contributed by atoms with Gasteiger partial charge < -0.3 is 10.3 Å². The number of sulfone groups is 1. The van der Waals surface area contributed by atoms with E-state index in [1.165, 1.54) is 6.07 Å². The number of nitrogens with zero attached hydrogens (tertiary/aromatic N) is 1. The number of benzene rings is 2. The van der Waals surface area contributed by atoms with Crippen LogP contribution in [-0.4, -0.2) is 29.5 Å². The number of aromatic amines is 1. The fourth-order valence-corrected chi connectivity index (χ4v) is 5.66. The Morgan fingerprint density at radius 2 is 1.76 bits per heavy atom. The summed E-state index contributed by atoms with van der Waals surface area (Å²) in [7, 11) is -4.03. The molecule has 0 fully saturated rings. The van der Waals surface area contributed by atoms with Gasteiger partial charge in [-0.25, -0.2) is 13.4 Å². The summed E-state index contributed by atoms with van der Waals surface area (Å²) in [6.45, 7) is 9.38. The maximum atomic E-state index is 13.0. The Bertz CT molecular complexity index is 1360. The van der Waals surface area contributed by atoms with E-state index in [1.54, 1.807) is 19.1 Å². The average molecular weight is 486 g/mol. The van der Waals surface area contributed by atoms with E-state index in [0.717, 1.165) is 34.6 Å². The van der Waals surface area contributed by atoms with Crippen molar-refractivity contribution in [2.75, 3.05) is 5.32 Å². The van der Waals surface area contributed by atoms with Gasteiger partial charge in [0.2, 0.25) is 15.7 Å². The molecule has 0 aliphatic heterocycles. The second-order valence-electron chi connectivity index (χ2n) is 7.96. The second-order valence-corrected chi connectivity index (χ2v) is 11.0. The van der Waals surface area contributed by atoms with E-state index >= 15 is 0 Å². The quantitative estimate of drug-likeness (QED) is 0.380. The van der Waals surface area contributed by atoms with Crippen LogP contribution in [0, 0.1) is 27.7 Å². The van der Waals surface area contributed by atoms with Crippen molar-refractivity contribution in [3.05, 3.63) is 75.2 Å². The van der Waals surface area contributed by atoms with E-state index in [0.29, 0.717) is 17.7 Å². The van der Waals surface area contributed by atoms with E-state index in [-0.39, 0.29) is 16.0 Å². The minimum atomic E-state index is -4.03. The smallest absolute Gasteiger partial charge is 0.270 e. The summed E-state index contributed by atoms with van der Waals surface area (Å²) in [5.74, 6) is -0.222. The number of H-pyrrole nitrogens is 1. The van der Waals surface area contributed by atoms with Crippen molar-refractivity contribution in [1.29, 1.82) is 0 Å². The van der Waals surface area contributed by atoms with Gasteiger partial charge in [-0.15, -0.1) is 0 Å². The van der Waals surface area contributed by atoms with Crippen LogP contribution < -0.4 is 10.9 Å². The average Bonchev–Trinajstić information content (AvgIpc) is 2.74. The molecule has 1 aromatic heterocycles. The molecule has 2 aromatic carbocycles. The van der Waals surface area contributed by atoms with Crippen LogP contribution >= 0.6 is 11.8 Å². The highest BCUT2D eigenvalue weighted by Crippen LogP contribution is 2.26. The lowest BCUT2D eigenvalue weighted by Gasteiger charge is -2.15. The molecule has 0 spiro atoms. The number of nitrogens with one attached hydrogen (secondary N) is 2. The highest BCUT2D eigenvalue weighted by Gasteiger charge is 2.25. The molecule has 2 N–H and O–H groups in total. The molecule has 0 saturated carbocycles. The number of hydrogen-bond acceptors (Lipinski definition) is 6. The molecule has 1 heterocycles. The van der Waals surface area contributed by atoms with Crippen LogP contribution in [0.3, 0.4) is 0 Å². The Morgan fingerprint density at radius 3 is 2.36 bits per heavy atom. The fourth-order valence-electron chi connectivity index (χ4n) is 3.34. The van der Waals surface area contributed by atoms with Crippen molar-refractivity contribution >= 4 is 33.2 Å². The van der Waals surface area contributed by atoms with Gasteiger partial charge in [-0.1, -0.05) is 42.4 Å². The molecule has 3 rings (SSSR count). The highest BCUT2D eigenvalue weighted by atomic mass is 32.2. The second kappa shape index (κ2) is 9.93. The summed E-state index contributed by atoms with van der Waals surface area (Å²) in [4.78, 5) is 31.7. The first-order chi connectivity index (χ1) is 15.5. The number of hydrogen-bond donors (Lipinski definition) is 2. The molecule has 174 valence electrons. The van der Waals surface area contributed by atoms with Gasteiger partial charge in [-0.3, -0.25) is 9.59 Å². The Morgan fingerprint density at radius 1 is 1.03 bits per heavy atom. The molecule has 0 aliphatic rings. The lowest BCUT2D eigenvalue weighted by molar-refractivity contribution is -0.115. The van der Waals surface area contributed by atoms with E-state index in [1.807, 2.05) is 45.9 Å². The van der Waals surface area contributed by atoms with Crippen molar-refractivity contribution in [3.8, 4) is 0 Å². The Hall–Kier alpha value is -2.91. The van der Waals surface area contributed by atoms with E-state index in [2.05, 4.69) is 15.3 Å². The maximum absolute atomic E-state index is 13.0. The predicted octanol–water partition coefficient (Wildman–Crippen LogP) is 4.35. The van der Waals surface area contributed by atoms with Crippen LogP contribution in [0.1, 0.15) is 35.6 Å². The van der Waals surface area contributed by atoms with Crippen molar-refractivity contribution in [3.63, 3.8) is 0 Å². The zero-order valence-corrected chi connectivity index (χ0v) is 20.9. The van der Waals surface area contributed by atoms with Crippen LogP contribution in [0.4, 0.5) is 5.69 Å². The van der Waals surface area contributed by atoms with Gasteiger partial charge in [0.05, 0.1) is 16.3 Å². The molecule has 0 bridgehead atoms. The highest BCUT2D eigenvalue weighted by molar-refractivity contribution is 8.00. The van der Waals surface area contributed by atoms with Gasteiger partial charge in [0.1, 0.15) is 0 Å². The molecule has 0 aliphatic carbocycles. The molecule has 3 aromatic rings. The molecule has 1 amide bonds. The van der Waals surface area contributed by atoms with Crippen molar-refractivity contribution in [2.45, 2.75) is 61.2 Å². The molecular weight excluding hydrogens is 458 g/mol. The fraction of sp³-hybridized carbons (Fsp3) is 0.292. The van der Waals surface area contributed by atoms with Crippen molar-refractivity contribution < 1.29 is 13.2 Å². The zero-order valence-electron chi connectivity index (χ0n) is 19.2. The summed E-state index contributed by atoms with van der Waals surface area (Å²) in [5.41, 5.74) is 3.61. The van der Waals surface area contributed by atoms with Crippen molar-refractivity contribution in [2.24, 2.45) is 0 Å². The summed E-state index contributed by atoms with van der Waals surface area (Å²) in [6.07, 6.45) is 1.55. The minimum Gasteiger partial charge on any atom is -0.325 e. The minimum absolute atomic E-state index is 0.0695. The van der Waals surface area contributed by atoms with Crippen LogP contribution in [0.5, 0.6) is 0 Å². The lowest BCUT2D eigenvalue weighted by Crippen LogP contribution is -2.26. The summed E-state index contributed by atoms with van der Waals surface area (Å²) in [5, 5.41) is 2.55. The number of carbonyl (C=O) groups excluding carboxylic acids is 1. The molecular formula is C24H27N3O4S2. The van der Waals surface area contributed by atoms with E-state index in [4.69, 9.17) is 0 Å². The Balaban J connectivity index is 1.81. The maximum Gasteiger partial charge on any atom is 0.270 e. The zero-order chi connectivity index (χ0) is 24.3. The third kappa shape index (κ3) is 5.54. The van der Waals surface area contributed by atoms with Gasteiger partial charge >= 0.3 is 0 Å². The number of aryl methyl sites for hydroxylation is 4.